The molecular weight excluding hydrogens is 406 g/mol. The molecule has 0 radical (unpaired) electrons. The van der Waals surface area contributed by atoms with Gasteiger partial charge >= 0.3 is 0 Å². The van der Waals surface area contributed by atoms with Gasteiger partial charge in [-0.15, -0.1) is 0 Å². The molecule has 8 heteroatoms. The Kier molecular flexibility index (Phi) is 5.79. The maximum atomic E-state index is 12.9. The normalized spacial score (nSPS) is 21.7. The van der Waals surface area contributed by atoms with Crippen molar-refractivity contribution in [1.82, 2.24) is 15.0 Å². The SMILES string of the molecule is CN(c1ncnc2[nH]ccc12)C1CCC(C[S@@](=N)(=O)Cc2ccc(Cl)cc2)CC1. The van der Waals surface area contributed by atoms with Gasteiger partial charge in [-0.1, -0.05) is 23.7 Å². The van der Waals surface area contributed by atoms with Crippen LogP contribution in [0.25, 0.3) is 11.0 Å². The Balaban J connectivity index is 1.35. The van der Waals surface area contributed by atoms with Gasteiger partial charge in [-0.3, -0.25) is 4.78 Å². The van der Waals surface area contributed by atoms with Gasteiger partial charge in [0.15, 0.2) is 0 Å². The molecule has 1 saturated carbocycles. The monoisotopic (exact) mass is 431 g/mol. The molecule has 0 unspecified atom stereocenters. The number of hydrogen-bond acceptors (Lipinski definition) is 5. The Labute approximate surface area is 176 Å². The predicted molar refractivity (Wildman–Crippen MR) is 119 cm³/mol. The second-order valence-electron chi connectivity index (χ2n) is 7.97. The summed E-state index contributed by atoms with van der Waals surface area (Å²) in [4.78, 5) is 14.1. The quantitative estimate of drug-likeness (QED) is 0.583. The highest BCUT2D eigenvalue weighted by atomic mass is 35.5. The van der Waals surface area contributed by atoms with Crippen molar-refractivity contribution < 1.29 is 4.21 Å². The molecule has 6 nitrogen and oxygen atoms in total. The summed E-state index contributed by atoms with van der Waals surface area (Å²) in [5.41, 5.74) is 1.77. The maximum absolute atomic E-state index is 12.9. The average molecular weight is 432 g/mol. The molecule has 4 rings (SSSR count). The van der Waals surface area contributed by atoms with E-state index in [1.54, 1.807) is 18.5 Å². The number of nitrogens with one attached hydrogen (secondary N) is 2. The Hall–Kier alpha value is -2.12. The summed E-state index contributed by atoms with van der Waals surface area (Å²) in [6.07, 6.45) is 7.52. The van der Waals surface area contributed by atoms with Crippen molar-refractivity contribution >= 4 is 38.2 Å². The molecule has 1 aliphatic rings. The third kappa shape index (κ3) is 4.73. The van der Waals surface area contributed by atoms with Crippen LogP contribution in [0.1, 0.15) is 31.2 Å². The fraction of sp³-hybridized carbons (Fsp3) is 0.429. The Bertz CT molecular complexity index is 1070. The number of rotatable bonds is 6. The first-order valence-electron chi connectivity index (χ1n) is 9.91. The molecule has 0 saturated heterocycles. The van der Waals surface area contributed by atoms with E-state index in [1.807, 2.05) is 24.4 Å². The van der Waals surface area contributed by atoms with E-state index in [4.69, 9.17) is 16.4 Å². The third-order valence-electron chi connectivity index (χ3n) is 5.85. The summed E-state index contributed by atoms with van der Waals surface area (Å²) in [6, 6.07) is 9.73. The molecule has 0 bridgehead atoms. The molecule has 0 spiro atoms. The summed E-state index contributed by atoms with van der Waals surface area (Å²) < 4.78 is 21.2. The van der Waals surface area contributed by atoms with E-state index in [2.05, 4.69) is 26.9 Å². The number of aromatic amines is 1. The van der Waals surface area contributed by atoms with Crippen LogP contribution in [-0.4, -0.2) is 38.0 Å². The molecule has 1 fully saturated rings. The number of aromatic nitrogens is 3. The number of anilines is 1. The number of hydrogen-bond donors (Lipinski definition) is 2. The van der Waals surface area contributed by atoms with Crippen LogP contribution >= 0.6 is 11.6 Å². The Morgan fingerprint density at radius 3 is 2.62 bits per heavy atom. The lowest BCUT2D eigenvalue weighted by Gasteiger charge is -2.35. The zero-order valence-corrected chi connectivity index (χ0v) is 18.0. The van der Waals surface area contributed by atoms with Crippen molar-refractivity contribution in [3.63, 3.8) is 0 Å². The molecule has 29 heavy (non-hydrogen) atoms. The van der Waals surface area contributed by atoms with Crippen molar-refractivity contribution in [2.24, 2.45) is 5.92 Å². The van der Waals surface area contributed by atoms with Crippen molar-refractivity contribution in [3.8, 4) is 0 Å². The molecule has 3 aromatic rings. The summed E-state index contributed by atoms with van der Waals surface area (Å²) in [5.74, 6) is 2.07. The van der Waals surface area contributed by atoms with Crippen LogP contribution in [0.2, 0.25) is 5.02 Å². The van der Waals surface area contributed by atoms with Crippen LogP contribution < -0.4 is 4.90 Å². The average Bonchev–Trinajstić information content (AvgIpc) is 3.18. The zero-order valence-electron chi connectivity index (χ0n) is 16.5. The minimum absolute atomic E-state index is 0.302. The molecular formula is C21H26ClN5OS. The Morgan fingerprint density at radius 2 is 1.90 bits per heavy atom. The van der Waals surface area contributed by atoms with Crippen molar-refractivity contribution in [3.05, 3.63) is 53.4 Å². The van der Waals surface area contributed by atoms with Gasteiger partial charge < -0.3 is 9.88 Å². The molecule has 2 aromatic heterocycles. The smallest absolute Gasteiger partial charge is 0.142 e. The van der Waals surface area contributed by atoms with E-state index in [0.717, 1.165) is 48.1 Å². The van der Waals surface area contributed by atoms with E-state index in [9.17, 15) is 4.21 Å². The van der Waals surface area contributed by atoms with Crippen LogP contribution in [0.15, 0.2) is 42.9 Å². The molecule has 0 amide bonds. The maximum Gasteiger partial charge on any atom is 0.142 e. The third-order valence-corrected chi connectivity index (χ3v) is 7.91. The van der Waals surface area contributed by atoms with Crippen LogP contribution in [-0.2, 0) is 15.5 Å². The zero-order chi connectivity index (χ0) is 20.4. The summed E-state index contributed by atoms with van der Waals surface area (Å²) in [5, 5.41) is 1.70. The fourth-order valence-corrected chi connectivity index (χ4v) is 6.37. The van der Waals surface area contributed by atoms with Gasteiger partial charge in [0.05, 0.1) is 11.1 Å². The van der Waals surface area contributed by atoms with Crippen molar-refractivity contribution in [1.29, 1.82) is 4.78 Å². The molecule has 1 aromatic carbocycles. The number of nitrogens with zero attached hydrogens (tertiary/aromatic N) is 3. The highest BCUT2D eigenvalue weighted by molar-refractivity contribution is 7.91. The molecule has 2 heterocycles. The van der Waals surface area contributed by atoms with Gasteiger partial charge in [-0.25, -0.2) is 14.2 Å². The van der Waals surface area contributed by atoms with Gasteiger partial charge in [-0.05, 0) is 55.4 Å². The fourth-order valence-electron chi connectivity index (χ4n) is 4.30. The Morgan fingerprint density at radius 1 is 1.17 bits per heavy atom. The molecule has 2 N–H and O–H groups in total. The summed E-state index contributed by atoms with van der Waals surface area (Å²) >= 11 is 5.92. The standard InChI is InChI=1S/C21H26ClN5OS/c1-27(21-19-10-11-24-20(19)25-14-26-21)18-8-4-16(5-9-18)13-29(23,28)12-15-2-6-17(22)7-3-15/h2-3,6-7,10-11,14,16,18,23H,4-5,8-9,12-13H2,1H3,(H,24,25,26)/t16?,18?,29-/m0/s1. The summed E-state index contributed by atoms with van der Waals surface area (Å²) in [6.45, 7) is 0. The van der Waals surface area contributed by atoms with Crippen LogP contribution in [0.4, 0.5) is 5.82 Å². The van der Waals surface area contributed by atoms with Gasteiger partial charge in [0, 0.05) is 39.8 Å². The lowest BCUT2D eigenvalue weighted by Crippen LogP contribution is -2.37. The summed E-state index contributed by atoms with van der Waals surface area (Å²) in [7, 11) is -0.549. The van der Waals surface area contributed by atoms with Crippen molar-refractivity contribution in [2.45, 2.75) is 37.5 Å². The van der Waals surface area contributed by atoms with E-state index < -0.39 is 9.73 Å². The highest BCUT2D eigenvalue weighted by Gasteiger charge is 2.27. The number of fused-ring (bicyclic) bond motifs is 1. The first-order valence-corrected chi connectivity index (χ1v) is 12.2. The van der Waals surface area contributed by atoms with Crippen molar-refractivity contribution in [2.75, 3.05) is 17.7 Å². The van der Waals surface area contributed by atoms with Gasteiger partial charge in [0.25, 0.3) is 0 Å². The van der Waals surface area contributed by atoms with Crippen LogP contribution in [0.5, 0.6) is 0 Å². The number of benzene rings is 1. The van der Waals surface area contributed by atoms with Crippen LogP contribution in [0, 0.1) is 10.7 Å². The lowest BCUT2D eigenvalue weighted by atomic mass is 9.86. The van der Waals surface area contributed by atoms with E-state index in [-0.39, 0.29) is 0 Å². The largest absolute Gasteiger partial charge is 0.356 e. The second-order valence-corrected chi connectivity index (χ2v) is 10.7. The first-order chi connectivity index (χ1) is 13.9. The first kappa shape index (κ1) is 20.2. The topological polar surface area (TPSA) is 85.7 Å². The molecule has 0 aliphatic heterocycles. The number of H-pyrrole nitrogens is 1. The lowest BCUT2D eigenvalue weighted by molar-refractivity contribution is 0.342. The van der Waals surface area contributed by atoms with Gasteiger partial charge in [0.2, 0.25) is 0 Å². The van der Waals surface area contributed by atoms with E-state index in [1.165, 1.54) is 0 Å². The highest BCUT2D eigenvalue weighted by Crippen LogP contribution is 2.32. The second kappa shape index (κ2) is 8.32. The minimum Gasteiger partial charge on any atom is -0.356 e. The van der Waals surface area contributed by atoms with Gasteiger partial charge in [-0.2, -0.15) is 0 Å². The van der Waals surface area contributed by atoms with Crippen LogP contribution in [0.3, 0.4) is 0 Å². The minimum atomic E-state index is -2.64. The molecule has 1 atom stereocenters. The number of halogens is 1. The van der Waals surface area contributed by atoms with Gasteiger partial charge in [0.1, 0.15) is 17.8 Å². The molecule has 1 aliphatic carbocycles. The van der Waals surface area contributed by atoms with E-state index >= 15 is 0 Å². The van der Waals surface area contributed by atoms with E-state index in [0.29, 0.717) is 28.5 Å². The predicted octanol–water partition coefficient (Wildman–Crippen LogP) is 4.85. The molecule has 154 valence electrons.